The first kappa shape index (κ1) is 15.8. The lowest BCUT2D eigenvalue weighted by Gasteiger charge is -2.20. The molecule has 108 valence electrons. The molecule has 0 aliphatic rings. The van der Waals surface area contributed by atoms with Crippen molar-refractivity contribution in [3.63, 3.8) is 0 Å². The van der Waals surface area contributed by atoms with Crippen molar-refractivity contribution >= 4 is 0 Å². The summed E-state index contributed by atoms with van der Waals surface area (Å²) in [5.41, 5.74) is 0. The molecule has 0 fully saturated rings. The molecule has 1 atom stereocenters. The maximum absolute atomic E-state index is 5.73. The third-order valence-electron chi connectivity index (χ3n) is 3.01. The number of rotatable bonds is 9. The minimum Gasteiger partial charge on any atom is -0.490 e. The lowest BCUT2D eigenvalue weighted by atomic mass is 10.3. The maximum atomic E-state index is 5.73. The maximum Gasteiger partial charge on any atom is 0.161 e. The first-order chi connectivity index (χ1) is 9.15. The normalized spacial score (nSPS) is 12.5. The summed E-state index contributed by atoms with van der Waals surface area (Å²) in [5, 5.41) is 3.38. The lowest BCUT2D eigenvalue weighted by molar-refractivity contribution is 0.264. The van der Waals surface area contributed by atoms with Gasteiger partial charge in [-0.15, -0.1) is 0 Å². The molecule has 4 nitrogen and oxygen atoms in total. The van der Waals surface area contributed by atoms with Crippen LogP contribution in [-0.4, -0.2) is 51.3 Å². The van der Waals surface area contributed by atoms with Crippen LogP contribution < -0.4 is 14.8 Å². The van der Waals surface area contributed by atoms with Gasteiger partial charge in [0.25, 0.3) is 0 Å². The van der Waals surface area contributed by atoms with Crippen LogP contribution in [0.1, 0.15) is 13.8 Å². The predicted molar refractivity (Wildman–Crippen MR) is 79.1 cm³/mol. The Balaban J connectivity index is 2.26. The molecule has 1 aromatic rings. The van der Waals surface area contributed by atoms with Crippen molar-refractivity contribution in [1.82, 2.24) is 10.2 Å². The van der Waals surface area contributed by atoms with Gasteiger partial charge in [0.05, 0.1) is 6.61 Å². The van der Waals surface area contributed by atoms with E-state index in [0.29, 0.717) is 19.3 Å². The molecule has 0 spiro atoms. The zero-order valence-electron chi connectivity index (χ0n) is 12.5. The van der Waals surface area contributed by atoms with E-state index in [1.807, 2.05) is 31.2 Å². The highest BCUT2D eigenvalue weighted by atomic mass is 16.5. The van der Waals surface area contributed by atoms with Crippen molar-refractivity contribution in [2.24, 2.45) is 0 Å². The molecule has 0 bridgehead atoms. The number of para-hydroxylation sites is 2. The van der Waals surface area contributed by atoms with Crippen LogP contribution in [0.5, 0.6) is 11.5 Å². The fourth-order valence-corrected chi connectivity index (χ4v) is 1.57. The molecule has 4 heteroatoms. The van der Waals surface area contributed by atoms with Crippen molar-refractivity contribution in [2.45, 2.75) is 19.9 Å². The first-order valence-electron chi connectivity index (χ1n) is 6.87. The number of hydrogen-bond donors (Lipinski definition) is 1. The third-order valence-corrected chi connectivity index (χ3v) is 3.01. The van der Waals surface area contributed by atoms with Crippen molar-refractivity contribution in [3.05, 3.63) is 24.3 Å². The van der Waals surface area contributed by atoms with Crippen molar-refractivity contribution in [2.75, 3.05) is 40.4 Å². The summed E-state index contributed by atoms with van der Waals surface area (Å²) in [5.74, 6) is 1.62. The molecule has 0 radical (unpaired) electrons. The second-order valence-electron chi connectivity index (χ2n) is 4.74. The van der Waals surface area contributed by atoms with E-state index in [9.17, 15) is 0 Å². The smallest absolute Gasteiger partial charge is 0.161 e. The first-order valence-corrected chi connectivity index (χ1v) is 6.87. The number of hydrogen-bond acceptors (Lipinski definition) is 4. The van der Waals surface area contributed by atoms with E-state index in [-0.39, 0.29) is 0 Å². The minimum atomic E-state index is 0.524. The van der Waals surface area contributed by atoms with Crippen LogP contribution >= 0.6 is 0 Å². The summed E-state index contributed by atoms with van der Waals surface area (Å²) >= 11 is 0. The molecule has 0 aromatic heterocycles. The summed E-state index contributed by atoms with van der Waals surface area (Å²) < 4.78 is 11.2. The monoisotopic (exact) mass is 266 g/mol. The van der Waals surface area contributed by atoms with Gasteiger partial charge in [-0.1, -0.05) is 12.1 Å². The van der Waals surface area contributed by atoms with Gasteiger partial charge < -0.3 is 19.7 Å². The van der Waals surface area contributed by atoms with Crippen LogP contribution in [0.15, 0.2) is 24.3 Å². The molecule has 0 aliphatic carbocycles. The summed E-state index contributed by atoms with van der Waals surface area (Å²) in [6.45, 7) is 7.25. The molecule has 0 heterocycles. The largest absolute Gasteiger partial charge is 0.490 e. The van der Waals surface area contributed by atoms with Gasteiger partial charge in [0.1, 0.15) is 6.61 Å². The Hall–Kier alpha value is -1.26. The molecule has 0 saturated carbocycles. The predicted octanol–water partition coefficient (Wildman–Crippen LogP) is 2.00. The Morgan fingerprint density at radius 2 is 1.79 bits per heavy atom. The fraction of sp³-hybridized carbons (Fsp3) is 0.600. The zero-order chi connectivity index (χ0) is 14.1. The molecule has 1 N–H and O–H groups in total. The zero-order valence-corrected chi connectivity index (χ0v) is 12.5. The van der Waals surface area contributed by atoms with E-state index in [1.54, 1.807) is 0 Å². The Kier molecular flexibility index (Phi) is 7.30. The molecule has 19 heavy (non-hydrogen) atoms. The van der Waals surface area contributed by atoms with Crippen LogP contribution in [-0.2, 0) is 0 Å². The summed E-state index contributed by atoms with van der Waals surface area (Å²) in [7, 11) is 4.17. The van der Waals surface area contributed by atoms with Crippen molar-refractivity contribution in [1.29, 1.82) is 0 Å². The average molecular weight is 266 g/mol. The van der Waals surface area contributed by atoms with Crippen LogP contribution in [0.3, 0.4) is 0 Å². The van der Waals surface area contributed by atoms with E-state index < -0.39 is 0 Å². The number of nitrogens with zero attached hydrogens (tertiary/aromatic N) is 1. The van der Waals surface area contributed by atoms with Crippen LogP contribution in [0.2, 0.25) is 0 Å². The SMILES string of the molecule is CCOc1ccccc1OCCNCC(C)N(C)C. The van der Waals surface area contributed by atoms with Gasteiger partial charge in [0.2, 0.25) is 0 Å². The van der Waals surface area contributed by atoms with E-state index in [0.717, 1.165) is 24.6 Å². The average Bonchev–Trinajstić information content (AvgIpc) is 2.40. The van der Waals surface area contributed by atoms with E-state index in [2.05, 4.69) is 31.2 Å². The van der Waals surface area contributed by atoms with Gasteiger partial charge in [-0.05, 0) is 40.1 Å². The third kappa shape index (κ3) is 5.94. The number of ether oxygens (including phenoxy) is 2. The lowest BCUT2D eigenvalue weighted by Crippen LogP contribution is -2.36. The van der Waals surface area contributed by atoms with Crippen molar-refractivity contribution in [3.8, 4) is 11.5 Å². The van der Waals surface area contributed by atoms with E-state index >= 15 is 0 Å². The number of nitrogens with one attached hydrogen (secondary N) is 1. The van der Waals surface area contributed by atoms with E-state index in [1.165, 1.54) is 0 Å². The topological polar surface area (TPSA) is 33.7 Å². The second kappa shape index (κ2) is 8.77. The Bertz CT molecular complexity index is 356. The van der Waals surface area contributed by atoms with E-state index in [4.69, 9.17) is 9.47 Å². The highest BCUT2D eigenvalue weighted by molar-refractivity contribution is 5.39. The highest BCUT2D eigenvalue weighted by Gasteiger charge is 2.04. The van der Waals surface area contributed by atoms with Crippen LogP contribution in [0.4, 0.5) is 0 Å². The standard InChI is InChI=1S/C15H26N2O2/c1-5-18-14-8-6-7-9-15(14)19-11-10-16-12-13(2)17(3)4/h6-9,13,16H,5,10-12H2,1-4H3. The van der Waals surface area contributed by atoms with Gasteiger partial charge in [0.15, 0.2) is 11.5 Å². The van der Waals surface area contributed by atoms with Gasteiger partial charge in [-0.2, -0.15) is 0 Å². The molecular formula is C15H26N2O2. The molecule has 0 aliphatic heterocycles. The molecule has 0 saturated heterocycles. The Morgan fingerprint density at radius 1 is 1.16 bits per heavy atom. The number of likely N-dealkylation sites (N-methyl/N-ethyl adjacent to an activating group) is 1. The van der Waals surface area contributed by atoms with Gasteiger partial charge in [0, 0.05) is 19.1 Å². The van der Waals surface area contributed by atoms with Crippen molar-refractivity contribution < 1.29 is 9.47 Å². The van der Waals surface area contributed by atoms with Gasteiger partial charge >= 0.3 is 0 Å². The fourth-order valence-electron chi connectivity index (χ4n) is 1.57. The van der Waals surface area contributed by atoms with Gasteiger partial charge in [-0.3, -0.25) is 0 Å². The summed E-state index contributed by atoms with van der Waals surface area (Å²) in [4.78, 5) is 2.19. The second-order valence-corrected chi connectivity index (χ2v) is 4.74. The van der Waals surface area contributed by atoms with Gasteiger partial charge in [-0.25, -0.2) is 0 Å². The van der Waals surface area contributed by atoms with Crippen LogP contribution in [0.25, 0.3) is 0 Å². The summed E-state index contributed by atoms with van der Waals surface area (Å²) in [6.07, 6.45) is 0. The molecule has 1 unspecified atom stereocenters. The summed E-state index contributed by atoms with van der Waals surface area (Å²) in [6, 6.07) is 8.30. The molecule has 1 aromatic carbocycles. The highest BCUT2D eigenvalue weighted by Crippen LogP contribution is 2.25. The quantitative estimate of drug-likeness (QED) is 0.693. The number of benzene rings is 1. The molecular weight excluding hydrogens is 240 g/mol. The Morgan fingerprint density at radius 3 is 2.37 bits per heavy atom. The Labute approximate surface area is 116 Å². The molecule has 1 rings (SSSR count). The van der Waals surface area contributed by atoms with Crippen LogP contribution in [0, 0.1) is 0 Å². The minimum absolute atomic E-state index is 0.524. The molecule has 0 amide bonds.